The van der Waals surface area contributed by atoms with E-state index in [0.717, 1.165) is 12.8 Å². The summed E-state index contributed by atoms with van der Waals surface area (Å²) in [5, 5.41) is 3.15. The molecule has 0 saturated heterocycles. The first-order valence-electron chi connectivity index (χ1n) is 8.93. The molecule has 25 heavy (non-hydrogen) atoms. The number of nitrogens with zero attached hydrogens (tertiary/aromatic N) is 1. The van der Waals surface area contributed by atoms with Gasteiger partial charge in [0.25, 0.3) is 0 Å². The third-order valence-corrected chi connectivity index (χ3v) is 5.32. The molecule has 1 fully saturated rings. The minimum atomic E-state index is 0. The van der Waals surface area contributed by atoms with Crippen molar-refractivity contribution < 1.29 is 4.79 Å². The van der Waals surface area contributed by atoms with E-state index in [4.69, 9.17) is 5.73 Å². The number of carbonyl (C=O) groups excluding carboxylic acids is 1. The van der Waals surface area contributed by atoms with Crippen molar-refractivity contribution in [3.63, 3.8) is 0 Å². The minimum Gasteiger partial charge on any atom is -0.355 e. The van der Waals surface area contributed by atoms with Crippen molar-refractivity contribution in [2.75, 3.05) is 13.1 Å². The van der Waals surface area contributed by atoms with E-state index in [2.05, 4.69) is 30.2 Å². The summed E-state index contributed by atoms with van der Waals surface area (Å²) in [5.41, 5.74) is 7.21. The van der Waals surface area contributed by atoms with Crippen LogP contribution in [0.3, 0.4) is 0 Å². The maximum absolute atomic E-state index is 12.5. The summed E-state index contributed by atoms with van der Waals surface area (Å²) in [6, 6.07) is 4.05. The van der Waals surface area contributed by atoms with Gasteiger partial charge in [0, 0.05) is 31.3 Å². The van der Waals surface area contributed by atoms with Crippen molar-refractivity contribution in [2.45, 2.75) is 58.3 Å². The fourth-order valence-electron chi connectivity index (χ4n) is 3.72. The van der Waals surface area contributed by atoms with Gasteiger partial charge in [-0.2, -0.15) is 0 Å². The van der Waals surface area contributed by atoms with Gasteiger partial charge >= 0.3 is 0 Å². The van der Waals surface area contributed by atoms with E-state index >= 15 is 0 Å². The molecule has 1 aromatic heterocycles. The summed E-state index contributed by atoms with van der Waals surface area (Å²) >= 11 is 0. The Balaban J connectivity index is 0.00000288. The van der Waals surface area contributed by atoms with Gasteiger partial charge in [0.1, 0.15) is 0 Å². The van der Waals surface area contributed by atoms with E-state index in [9.17, 15) is 4.79 Å². The molecule has 1 unspecified atom stereocenters. The van der Waals surface area contributed by atoms with Crippen LogP contribution < -0.4 is 11.1 Å². The molecule has 2 rings (SSSR count). The van der Waals surface area contributed by atoms with Gasteiger partial charge < -0.3 is 11.1 Å². The topological polar surface area (TPSA) is 68.0 Å². The van der Waals surface area contributed by atoms with Gasteiger partial charge in [-0.25, -0.2) is 0 Å². The lowest BCUT2D eigenvalue weighted by Crippen LogP contribution is -2.40. The average molecular weight is 390 g/mol. The van der Waals surface area contributed by atoms with Crippen molar-refractivity contribution in [2.24, 2.45) is 17.1 Å². The van der Waals surface area contributed by atoms with Crippen molar-refractivity contribution in [3.8, 4) is 0 Å². The maximum atomic E-state index is 12.5. The van der Waals surface area contributed by atoms with Crippen LogP contribution in [-0.4, -0.2) is 24.0 Å². The summed E-state index contributed by atoms with van der Waals surface area (Å²) in [5.74, 6) is 0.900. The highest BCUT2D eigenvalue weighted by atomic mass is 35.5. The van der Waals surface area contributed by atoms with Crippen LogP contribution >= 0.6 is 24.8 Å². The van der Waals surface area contributed by atoms with Gasteiger partial charge in [-0.15, -0.1) is 24.8 Å². The lowest BCUT2D eigenvalue weighted by atomic mass is 9.71. The molecule has 3 N–H and O–H groups in total. The quantitative estimate of drug-likeness (QED) is 0.737. The van der Waals surface area contributed by atoms with Gasteiger partial charge in [-0.05, 0) is 42.3 Å². The number of amides is 1. The van der Waals surface area contributed by atoms with Crippen LogP contribution in [-0.2, 0) is 4.79 Å². The summed E-state index contributed by atoms with van der Waals surface area (Å²) in [6.07, 6.45) is 10.1. The zero-order valence-electron chi connectivity index (χ0n) is 15.4. The summed E-state index contributed by atoms with van der Waals surface area (Å²) < 4.78 is 0. The average Bonchev–Trinajstić information content (AvgIpc) is 2.56. The van der Waals surface area contributed by atoms with E-state index in [1.807, 2.05) is 12.3 Å². The number of pyridine rings is 1. The first kappa shape index (κ1) is 24.2. The third-order valence-electron chi connectivity index (χ3n) is 5.32. The predicted molar refractivity (Wildman–Crippen MR) is 109 cm³/mol. The van der Waals surface area contributed by atoms with Crippen LogP contribution in [0.2, 0.25) is 0 Å². The summed E-state index contributed by atoms with van der Waals surface area (Å²) in [6.45, 7) is 5.66. The summed E-state index contributed by atoms with van der Waals surface area (Å²) in [4.78, 5) is 16.7. The molecule has 1 aliphatic carbocycles. The highest BCUT2D eigenvalue weighted by molar-refractivity contribution is 5.85. The van der Waals surface area contributed by atoms with Crippen molar-refractivity contribution in [3.05, 3.63) is 30.1 Å². The van der Waals surface area contributed by atoms with Crippen LogP contribution in [0.4, 0.5) is 0 Å². The van der Waals surface area contributed by atoms with E-state index in [0.29, 0.717) is 31.3 Å². The molecule has 0 radical (unpaired) electrons. The Morgan fingerprint density at radius 1 is 1.28 bits per heavy atom. The standard InChI is InChI=1S/C19H31N3O.2ClH/c1-15(2)17(16-7-6-10-21-12-16)13-22-18(23)11-19(14-20)8-4-3-5-9-19;;/h6-7,10,12,15,17H,3-5,8-9,11,13-14,20H2,1-2H3,(H,22,23);2*1H. The van der Waals surface area contributed by atoms with Crippen molar-refractivity contribution in [1.82, 2.24) is 10.3 Å². The highest BCUT2D eigenvalue weighted by Crippen LogP contribution is 2.38. The fourth-order valence-corrected chi connectivity index (χ4v) is 3.72. The van der Waals surface area contributed by atoms with Gasteiger partial charge in [0.05, 0.1) is 0 Å². The van der Waals surface area contributed by atoms with Crippen LogP contribution in [0.25, 0.3) is 0 Å². The lowest BCUT2D eigenvalue weighted by molar-refractivity contribution is -0.124. The molecule has 6 heteroatoms. The molecule has 1 heterocycles. The SMILES string of the molecule is CC(C)C(CNC(=O)CC1(CN)CCCCC1)c1cccnc1.Cl.Cl. The van der Waals surface area contributed by atoms with E-state index in [1.54, 1.807) is 6.20 Å². The number of carbonyl (C=O) groups is 1. The number of aromatic nitrogens is 1. The van der Waals surface area contributed by atoms with Gasteiger partial charge in [-0.3, -0.25) is 9.78 Å². The Labute approximate surface area is 164 Å². The van der Waals surface area contributed by atoms with Crippen molar-refractivity contribution in [1.29, 1.82) is 0 Å². The largest absolute Gasteiger partial charge is 0.355 e. The number of hydrogen-bond donors (Lipinski definition) is 2. The Kier molecular flexibility index (Phi) is 11.3. The zero-order chi connectivity index (χ0) is 16.7. The molecule has 0 aromatic carbocycles. The first-order chi connectivity index (χ1) is 11.1. The molecule has 144 valence electrons. The number of hydrogen-bond acceptors (Lipinski definition) is 3. The van der Waals surface area contributed by atoms with Crippen LogP contribution in [0.1, 0.15) is 63.9 Å². The van der Waals surface area contributed by atoms with E-state index in [1.165, 1.54) is 24.8 Å². The molecule has 4 nitrogen and oxygen atoms in total. The number of nitrogens with one attached hydrogen (secondary N) is 1. The van der Waals surface area contributed by atoms with Gasteiger partial charge in [-0.1, -0.05) is 39.2 Å². The Morgan fingerprint density at radius 2 is 1.96 bits per heavy atom. The fraction of sp³-hybridized carbons (Fsp3) is 0.684. The highest BCUT2D eigenvalue weighted by Gasteiger charge is 2.33. The lowest BCUT2D eigenvalue weighted by Gasteiger charge is -2.35. The summed E-state index contributed by atoms with van der Waals surface area (Å²) in [7, 11) is 0. The van der Waals surface area contributed by atoms with Crippen LogP contribution in [0.5, 0.6) is 0 Å². The maximum Gasteiger partial charge on any atom is 0.220 e. The smallest absolute Gasteiger partial charge is 0.220 e. The van der Waals surface area contributed by atoms with Crippen LogP contribution in [0.15, 0.2) is 24.5 Å². The molecule has 1 amide bonds. The molecule has 1 aromatic rings. The number of rotatable bonds is 7. The van der Waals surface area contributed by atoms with Gasteiger partial charge in [0.15, 0.2) is 0 Å². The van der Waals surface area contributed by atoms with Crippen molar-refractivity contribution >= 4 is 30.7 Å². The second-order valence-electron chi connectivity index (χ2n) is 7.38. The monoisotopic (exact) mass is 389 g/mol. The molecule has 1 atom stereocenters. The second-order valence-corrected chi connectivity index (χ2v) is 7.38. The second kappa shape index (κ2) is 11.7. The van der Waals surface area contributed by atoms with E-state index in [-0.39, 0.29) is 36.1 Å². The number of nitrogens with two attached hydrogens (primary N) is 1. The first-order valence-corrected chi connectivity index (χ1v) is 8.93. The molecular weight excluding hydrogens is 357 g/mol. The number of halogens is 2. The predicted octanol–water partition coefficient (Wildman–Crippen LogP) is 4.08. The minimum absolute atomic E-state index is 0. The Hall–Kier alpha value is -0.840. The van der Waals surface area contributed by atoms with Gasteiger partial charge in [0.2, 0.25) is 5.91 Å². The van der Waals surface area contributed by atoms with Crippen LogP contribution in [0, 0.1) is 11.3 Å². The molecule has 0 aliphatic heterocycles. The third kappa shape index (κ3) is 7.12. The molecule has 0 bridgehead atoms. The normalized spacial score (nSPS) is 17.1. The Morgan fingerprint density at radius 3 is 2.48 bits per heavy atom. The Bertz CT molecular complexity index is 491. The zero-order valence-corrected chi connectivity index (χ0v) is 17.0. The van der Waals surface area contributed by atoms with E-state index < -0.39 is 0 Å². The molecule has 1 aliphatic rings. The molecule has 0 spiro atoms. The molecular formula is C19H33Cl2N3O. The molecule has 1 saturated carbocycles.